The highest BCUT2D eigenvalue weighted by Gasteiger charge is 2.49. The first-order valence-electron chi connectivity index (χ1n) is 13.0. The van der Waals surface area contributed by atoms with Crippen molar-refractivity contribution in [2.75, 3.05) is 26.2 Å². The molecular formula is C30H32N3O3+. The van der Waals surface area contributed by atoms with E-state index in [9.17, 15) is 9.59 Å². The number of ether oxygens (including phenoxy) is 1. The lowest BCUT2D eigenvalue weighted by atomic mass is 9.72. The maximum absolute atomic E-state index is 13.8. The van der Waals surface area contributed by atoms with Crippen LogP contribution in [0.4, 0.5) is 5.69 Å². The minimum absolute atomic E-state index is 0.0749. The zero-order valence-corrected chi connectivity index (χ0v) is 20.9. The number of hydrogen-bond donors (Lipinski definition) is 2. The third-order valence-electron chi connectivity index (χ3n) is 7.69. The van der Waals surface area contributed by atoms with Gasteiger partial charge in [-0.3, -0.25) is 9.59 Å². The number of nitrogens with one attached hydrogen (secondary N) is 2. The van der Waals surface area contributed by atoms with E-state index in [1.54, 1.807) is 12.1 Å². The Morgan fingerprint density at radius 3 is 2.81 bits per heavy atom. The molecule has 0 amide bonds. The molecule has 1 unspecified atom stereocenters. The van der Waals surface area contributed by atoms with Crippen LogP contribution in [0.2, 0.25) is 0 Å². The Morgan fingerprint density at radius 1 is 1.14 bits per heavy atom. The maximum Gasteiger partial charge on any atom is 0.246 e. The largest absolute Gasteiger partial charge is 0.444 e. The quantitative estimate of drug-likeness (QED) is 0.641. The Morgan fingerprint density at radius 2 is 1.97 bits per heavy atom. The molecule has 6 heteroatoms. The van der Waals surface area contributed by atoms with Crippen LogP contribution in [0, 0.1) is 18.8 Å². The van der Waals surface area contributed by atoms with E-state index in [1.807, 2.05) is 43.3 Å². The lowest BCUT2D eigenvalue weighted by Crippen LogP contribution is -2.72. The van der Waals surface area contributed by atoms with Crippen molar-refractivity contribution in [2.24, 2.45) is 11.8 Å². The van der Waals surface area contributed by atoms with E-state index in [4.69, 9.17) is 4.74 Å². The van der Waals surface area contributed by atoms with E-state index in [1.165, 1.54) is 12.8 Å². The summed E-state index contributed by atoms with van der Waals surface area (Å²) < 4.78 is 6.30. The number of nitrogens with zero attached hydrogens (tertiary/aromatic N) is 1. The summed E-state index contributed by atoms with van der Waals surface area (Å²) in [6.45, 7) is 8.40. The molecule has 6 nitrogen and oxygen atoms in total. The Labute approximate surface area is 211 Å². The number of carbonyl (C=O) groups excluding carboxylic acids is 2. The minimum Gasteiger partial charge on any atom is -0.444 e. The van der Waals surface area contributed by atoms with Crippen molar-refractivity contribution < 1.29 is 19.3 Å². The fourth-order valence-corrected chi connectivity index (χ4v) is 5.90. The van der Waals surface area contributed by atoms with Crippen molar-refractivity contribution in [3.8, 4) is 5.75 Å². The second kappa shape index (κ2) is 9.17. The van der Waals surface area contributed by atoms with Gasteiger partial charge in [0.05, 0.1) is 0 Å². The summed E-state index contributed by atoms with van der Waals surface area (Å²) in [5.41, 5.74) is 4.68. The van der Waals surface area contributed by atoms with E-state index < -0.39 is 5.92 Å². The van der Waals surface area contributed by atoms with Crippen LogP contribution in [0.5, 0.6) is 5.75 Å². The van der Waals surface area contributed by atoms with Gasteiger partial charge in [0.1, 0.15) is 5.92 Å². The molecule has 2 aromatic carbocycles. The van der Waals surface area contributed by atoms with Crippen molar-refractivity contribution in [1.82, 2.24) is 10.2 Å². The molecule has 2 aromatic rings. The molecule has 1 fully saturated rings. The van der Waals surface area contributed by atoms with E-state index in [0.717, 1.165) is 55.5 Å². The second-order valence-corrected chi connectivity index (χ2v) is 10.5. The first-order chi connectivity index (χ1) is 17.5. The molecule has 1 saturated heterocycles. The van der Waals surface area contributed by atoms with Crippen molar-refractivity contribution in [1.29, 1.82) is 0 Å². The molecule has 0 spiro atoms. The summed E-state index contributed by atoms with van der Waals surface area (Å²) >= 11 is 0. The lowest BCUT2D eigenvalue weighted by Gasteiger charge is -2.32. The number of piperidine rings is 1. The zero-order chi connectivity index (χ0) is 24.8. The number of rotatable bonds is 5. The van der Waals surface area contributed by atoms with E-state index in [0.29, 0.717) is 33.9 Å². The molecule has 4 aliphatic rings. The predicted molar refractivity (Wildman–Crippen MR) is 139 cm³/mol. The summed E-state index contributed by atoms with van der Waals surface area (Å²) in [4.78, 5) is 33.4. The second-order valence-electron chi connectivity index (χ2n) is 10.5. The maximum atomic E-state index is 13.8. The summed E-state index contributed by atoms with van der Waals surface area (Å²) in [6.07, 6.45) is 5.43. The van der Waals surface area contributed by atoms with Crippen LogP contribution in [0.25, 0.3) is 0 Å². The van der Waals surface area contributed by atoms with Gasteiger partial charge in [-0.25, -0.2) is 4.99 Å². The Bertz CT molecular complexity index is 1350. The van der Waals surface area contributed by atoms with Gasteiger partial charge in [0.25, 0.3) is 0 Å². The van der Waals surface area contributed by atoms with Gasteiger partial charge in [0.2, 0.25) is 11.4 Å². The topological polar surface area (TPSA) is 72.6 Å². The van der Waals surface area contributed by atoms with Crippen LogP contribution in [-0.4, -0.2) is 48.4 Å². The smallest absolute Gasteiger partial charge is 0.246 e. The van der Waals surface area contributed by atoms with Crippen molar-refractivity contribution >= 4 is 23.0 Å². The highest BCUT2D eigenvalue weighted by Crippen LogP contribution is 2.38. The first kappa shape index (κ1) is 22.9. The lowest BCUT2D eigenvalue weighted by molar-refractivity contribution is -0.361. The van der Waals surface area contributed by atoms with Crippen LogP contribution in [-0.2, 0) is 0 Å². The highest BCUT2D eigenvalue weighted by molar-refractivity contribution is 6.32. The Kier molecular flexibility index (Phi) is 5.84. The third kappa shape index (κ3) is 3.99. The van der Waals surface area contributed by atoms with Gasteiger partial charge < -0.3 is 15.0 Å². The number of carbonyl (C=O) groups is 2. The molecule has 0 bridgehead atoms. The van der Waals surface area contributed by atoms with Gasteiger partial charge >= 0.3 is 0 Å². The number of allylic oxidation sites excluding steroid dienone is 3. The number of fused-ring (bicyclic) bond motifs is 5. The predicted octanol–water partition coefficient (Wildman–Crippen LogP) is 3.10. The summed E-state index contributed by atoms with van der Waals surface area (Å²) in [5.74, 6) is 1.18. The molecular weight excluding hydrogens is 450 g/mol. The molecule has 2 aliphatic carbocycles. The number of likely N-dealkylation sites (tertiary alicyclic amines) is 1. The zero-order valence-electron chi connectivity index (χ0n) is 20.9. The normalized spacial score (nSPS) is 23.1. The molecule has 2 N–H and O–H groups in total. The average molecular weight is 483 g/mol. The monoisotopic (exact) mass is 482 g/mol. The fourth-order valence-electron chi connectivity index (χ4n) is 5.90. The van der Waals surface area contributed by atoms with Gasteiger partial charge in [-0.15, -0.1) is 0 Å². The van der Waals surface area contributed by atoms with Crippen LogP contribution in [0.1, 0.15) is 52.5 Å². The Balaban J connectivity index is 1.34. The van der Waals surface area contributed by atoms with Gasteiger partial charge in [-0.05, 0) is 56.8 Å². The molecule has 6 rings (SSSR count). The molecule has 184 valence electrons. The number of benzene rings is 2. The molecule has 0 saturated carbocycles. The standard InChI is InChI=1S/C30H31N3O3/c1-18-10-11-22-24(15-18)36-25-16-23(31-12-6-14-33-13-5-7-19(2)17-33)26-27(28(25)32-22)30(35)21-9-4-3-8-20(21)29(26)34/h3-4,8-11,15-16,19,27,31H,5-7,12-14,17H2,1-2H3/p+1/t19-,27?/m1/s1. The van der Waals surface area contributed by atoms with E-state index in [-0.39, 0.29) is 11.6 Å². The van der Waals surface area contributed by atoms with Gasteiger partial charge in [-0.1, -0.05) is 37.3 Å². The van der Waals surface area contributed by atoms with Crippen molar-refractivity contribution in [2.45, 2.75) is 33.1 Å². The van der Waals surface area contributed by atoms with Crippen molar-refractivity contribution in [3.05, 3.63) is 82.3 Å². The van der Waals surface area contributed by atoms with Crippen LogP contribution in [0.15, 0.2) is 65.6 Å². The van der Waals surface area contributed by atoms with Crippen LogP contribution in [0.3, 0.4) is 0 Å². The minimum atomic E-state index is -0.715. The SMILES string of the molecule is Cc1ccc2c(c1)OC1=CC(NCCCN3CCC[C@@H](C)C3)=C3C(=O)c4ccccc4C(=O)C3C1=[NH+]2. The van der Waals surface area contributed by atoms with E-state index >= 15 is 0 Å². The first-order valence-corrected chi connectivity index (χ1v) is 13.0. The number of aryl methyl sites for hydroxylation is 1. The highest BCUT2D eigenvalue weighted by atomic mass is 16.5. The van der Waals surface area contributed by atoms with Gasteiger partial charge in [0.15, 0.2) is 23.1 Å². The van der Waals surface area contributed by atoms with Crippen molar-refractivity contribution in [3.63, 3.8) is 0 Å². The molecule has 0 aromatic heterocycles. The molecule has 2 atom stereocenters. The summed E-state index contributed by atoms with van der Waals surface area (Å²) in [6, 6.07) is 13.1. The number of hydrogen-bond acceptors (Lipinski definition) is 5. The van der Waals surface area contributed by atoms with Crippen LogP contribution < -0.4 is 15.0 Å². The number of ketones is 2. The summed E-state index contributed by atoms with van der Waals surface area (Å²) in [7, 11) is 0. The number of Topliss-reactive ketones (excluding diaryl/α,β-unsaturated/α-hetero) is 2. The van der Waals surface area contributed by atoms with Gasteiger partial charge in [-0.2, -0.15) is 0 Å². The fraction of sp³-hybridized carbons (Fsp3) is 0.367. The third-order valence-corrected chi connectivity index (χ3v) is 7.69. The van der Waals surface area contributed by atoms with Gasteiger partial charge in [0, 0.05) is 47.6 Å². The average Bonchev–Trinajstić information content (AvgIpc) is 2.88. The Hall–Kier alpha value is -3.51. The molecule has 2 heterocycles. The molecule has 36 heavy (non-hydrogen) atoms. The van der Waals surface area contributed by atoms with E-state index in [2.05, 4.69) is 22.1 Å². The molecule has 2 aliphatic heterocycles. The van der Waals surface area contributed by atoms with Crippen LogP contribution >= 0.6 is 0 Å². The summed E-state index contributed by atoms with van der Waals surface area (Å²) in [5, 5.41) is 3.50. The molecule has 0 radical (unpaired) electrons.